The van der Waals surface area contributed by atoms with E-state index in [0.29, 0.717) is 74.1 Å². The van der Waals surface area contributed by atoms with Crippen molar-refractivity contribution < 1.29 is 19.3 Å². The van der Waals surface area contributed by atoms with E-state index >= 15 is 0 Å². The predicted molar refractivity (Wildman–Crippen MR) is 191 cm³/mol. The maximum atomic E-state index is 12.7. The Morgan fingerprint density at radius 1 is 0.694 bits per heavy atom. The SMILES string of the molecule is CC(C)C1CCN(C(=O)O/N=C(\CCC#N)c2ccc(Sc3ccc(/C(CCC#N)=N/OC(=O)N4CCC(C(C)C)CC4)cc3)cc2)CC1. The number of rotatable bonds is 12. The molecule has 2 aliphatic rings. The average molecular weight is 685 g/mol. The molecule has 0 radical (unpaired) electrons. The molecule has 0 aromatic heterocycles. The van der Waals surface area contributed by atoms with E-state index in [1.807, 2.05) is 48.5 Å². The highest BCUT2D eigenvalue weighted by Crippen LogP contribution is 2.29. The van der Waals surface area contributed by atoms with E-state index in [0.717, 1.165) is 46.6 Å². The van der Waals surface area contributed by atoms with E-state index in [4.69, 9.17) is 9.68 Å². The van der Waals surface area contributed by atoms with E-state index in [1.54, 1.807) is 21.6 Å². The minimum absolute atomic E-state index is 0.259. The summed E-state index contributed by atoms with van der Waals surface area (Å²) >= 11 is 1.57. The zero-order valence-corrected chi connectivity index (χ0v) is 30.0. The fourth-order valence-corrected chi connectivity index (χ4v) is 7.02. The summed E-state index contributed by atoms with van der Waals surface area (Å²) in [7, 11) is 0. The Morgan fingerprint density at radius 3 is 1.35 bits per heavy atom. The van der Waals surface area contributed by atoms with Gasteiger partial charge in [-0.2, -0.15) is 10.5 Å². The Balaban J connectivity index is 1.35. The third-order valence-electron chi connectivity index (χ3n) is 9.51. The monoisotopic (exact) mass is 684 g/mol. The Labute approximate surface area is 295 Å². The third kappa shape index (κ3) is 11.4. The zero-order valence-electron chi connectivity index (χ0n) is 29.1. The molecule has 260 valence electrons. The van der Waals surface area contributed by atoms with Gasteiger partial charge in [-0.25, -0.2) is 9.59 Å². The summed E-state index contributed by atoms with van der Waals surface area (Å²) in [5.41, 5.74) is 2.69. The molecule has 0 bridgehead atoms. The van der Waals surface area contributed by atoms with E-state index in [9.17, 15) is 20.1 Å². The van der Waals surface area contributed by atoms with Crippen LogP contribution in [0.2, 0.25) is 0 Å². The Hall–Kier alpha value is -4.35. The summed E-state index contributed by atoms with van der Waals surface area (Å²) in [4.78, 5) is 41.5. The highest BCUT2D eigenvalue weighted by Gasteiger charge is 2.27. The number of amides is 2. The van der Waals surface area contributed by atoms with Crippen LogP contribution in [0.15, 0.2) is 68.6 Å². The largest absolute Gasteiger partial charge is 0.435 e. The normalized spacial score (nSPS) is 16.4. The van der Waals surface area contributed by atoms with E-state index in [2.05, 4.69) is 50.1 Å². The van der Waals surface area contributed by atoms with Crippen LogP contribution in [0.3, 0.4) is 0 Å². The molecule has 0 unspecified atom stereocenters. The van der Waals surface area contributed by atoms with E-state index in [-0.39, 0.29) is 12.8 Å². The number of piperidine rings is 2. The van der Waals surface area contributed by atoms with Gasteiger partial charge in [0.25, 0.3) is 0 Å². The lowest BCUT2D eigenvalue weighted by molar-refractivity contribution is 0.0844. The van der Waals surface area contributed by atoms with Crippen molar-refractivity contribution >= 4 is 35.4 Å². The number of nitriles is 2. The summed E-state index contributed by atoms with van der Waals surface area (Å²) < 4.78 is 0. The number of carbonyl (C=O) groups excluding carboxylic acids is 2. The lowest BCUT2D eigenvalue weighted by atomic mass is 9.87. The van der Waals surface area contributed by atoms with Crippen molar-refractivity contribution in [3.63, 3.8) is 0 Å². The molecule has 49 heavy (non-hydrogen) atoms. The first-order valence-corrected chi connectivity index (χ1v) is 18.2. The summed E-state index contributed by atoms with van der Waals surface area (Å²) in [5.74, 6) is 2.44. The third-order valence-corrected chi connectivity index (χ3v) is 10.5. The molecule has 4 rings (SSSR count). The molecule has 2 heterocycles. The minimum Gasteiger partial charge on any atom is -0.306 e. The molecule has 2 fully saturated rings. The molecule has 10 nitrogen and oxygen atoms in total. The van der Waals surface area contributed by atoms with Crippen molar-refractivity contribution in [2.24, 2.45) is 34.0 Å². The average Bonchev–Trinajstić information content (AvgIpc) is 3.12. The van der Waals surface area contributed by atoms with Crippen LogP contribution in [0, 0.1) is 46.3 Å². The van der Waals surface area contributed by atoms with Crippen molar-refractivity contribution in [1.82, 2.24) is 9.80 Å². The van der Waals surface area contributed by atoms with Gasteiger partial charge in [0.2, 0.25) is 0 Å². The minimum atomic E-state index is -0.451. The number of carbonyl (C=O) groups is 2. The van der Waals surface area contributed by atoms with Gasteiger partial charge in [0.1, 0.15) is 0 Å². The van der Waals surface area contributed by atoms with Crippen LogP contribution in [0.25, 0.3) is 0 Å². The second-order valence-corrected chi connectivity index (χ2v) is 14.5. The first-order chi connectivity index (χ1) is 23.7. The quantitative estimate of drug-likeness (QED) is 0.124. The second-order valence-electron chi connectivity index (χ2n) is 13.4. The fourth-order valence-electron chi connectivity index (χ4n) is 6.20. The van der Waals surface area contributed by atoms with Crippen LogP contribution >= 0.6 is 11.8 Å². The van der Waals surface area contributed by atoms with Gasteiger partial charge in [0.15, 0.2) is 0 Å². The number of hydrogen-bond acceptors (Lipinski definition) is 9. The van der Waals surface area contributed by atoms with Gasteiger partial charge in [0, 0.05) is 61.7 Å². The van der Waals surface area contributed by atoms with Crippen LogP contribution in [0.1, 0.15) is 90.2 Å². The van der Waals surface area contributed by atoms with Crippen LogP contribution in [-0.4, -0.2) is 59.6 Å². The molecule has 2 aromatic rings. The van der Waals surface area contributed by atoms with Crippen molar-refractivity contribution in [2.45, 2.75) is 88.9 Å². The van der Waals surface area contributed by atoms with Gasteiger partial charge in [-0.3, -0.25) is 9.68 Å². The number of nitrogens with zero attached hydrogens (tertiary/aromatic N) is 6. The van der Waals surface area contributed by atoms with Crippen LogP contribution in [-0.2, 0) is 9.68 Å². The number of hydrogen-bond donors (Lipinski definition) is 0. The zero-order chi connectivity index (χ0) is 35.2. The molecule has 0 saturated carbocycles. The summed E-state index contributed by atoms with van der Waals surface area (Å²) in [5, 5.41) is 26.7. The standard InChI is InChI=1S/C38H48N6O4S/c1-27(2)29-17-23-43(24-18-29)37(45)47-41-35(7-5-21-39)31-9-13-33(14-10-31)49-34-15-11-32(12-16-34)36(8-6-22-40)42-48-38(46)44-25-19-30(20-26-44)28(3)4/h9-16,27-30H,5-8,17-20,23-26H2,1-4H3/b41-35+,42-36+. The first-order valence-electron chi connectivity index (χ1n) is 17.4. The van der Waals surface area contributed by atoms with Gasteiger partial charge >= 0.3 is 12.2 Å². The number of benzene rings is 2. The molecule has 0 aliphatic carbocycles. The molecule has 2 saturated heterocycles. The molecular weight excluding hydrogens is 637 g/mol. The topological polar surface area (TPSA) is 131 Å². The molecule has 0 N–H and O–H groups in total. The second kappa shape index (κ2) is 19.0. The van der Waals surface area contributed by atoms with Crippen LogP contribution < -0.4 is 0 Å². The highest BCUT2D eigenvalue weighted by molar-refractivity contribution is 7.99. The Bertz CT molecular complexity index is 1410. The fraction of sp³-hybridized carbons (Fsp3) is 0.526. The van der Waals surface area contributed by atoms with Crippen LogP contribution in [0.4, 0.5) is 9.59 Å². The molecule has 0 atom stereocenters. The lowest BCUT2D eigenvalue weighted by Crippen LogP contribution is -2.39. The molecule has 2 amide bonds. The van der Waals surface area contributed by atoms with Crippen LogP contribution in [0.5, 0.6) is 0 Å². The smallest absolute Gasteiger partial charge is 0.306 e. The van der Waals surface area contributed by atoms with E-state index < -0.39 is 12.2 Å². The number of oxime groups is 2. The van der Waals surface area contributed by atoms with Gasteiger partial charge in [-0.1, -0.05) is 74.0 Å². The molecule has 2 aromatic carbocycles. The lowest BCUT2D eigenvalue weighted by Gasteiger charge is -2.32. The Kier molecular flexibility index (Phi) is 14.5. The molecule has 0 spiro atoms. The summed E-state index contributed by atoms with van der Waals surface area (Å²) in [6.07, 6.45) is 4.20. The van der Waals surface area contributed by atoms with Gasteiger partial charge in [0.05, 0.1) is 23.6 Å². The van der Waals surface area contributed by atoms with Gasteiger partial charge in [-0.15, -0.1) is 0 Å². The van der Waals surface area contributed by atoms with Gasteiger partial charge < -0.3 is 9.80 Å². The first kappa shape index (κ1) is 37.5. The maximum absolute atomic E-state index is 12.7. The van der Waals surface area contributed by atoms with Crippen molar-refractivity contribution in [3.8, 4) is 12.1 Å². The predicted octanol–water partition coefficient (Wildman–Crippen LogP) is 8.86. The van der Waals surface area contributed by atoms with Gasteiger partial charge in [-0.05, 0) is 84.7 Å². The summed E-state index contributed by atoms with van der Waals surface area (Å²) in [6.45, 7) is 11.5. The molecule has 2 aliphatic heterocycles. The summed E-state index contributed by atoms with van der Waals surface area (Å²) in [6, 6.07) is 19.8. The molecular formula is C38H48N6O4S. The number of likely N-dealkylation sites (tertiary alicyclic amines) is 2. The highest BCUT2D eigenvalue weighted by atomic mass is 32.2. The van der Waals surface area contributed by atoms with Crippen molar-refractivity contribution in [3.05, 3.63) is 59.7 Å². The Morgan fingerprint density at radius 2 is 1.04 bits per heavy atom. The maximum Gasteiger partial charge on any atom is 0.435 e. The van der Waals surface area contributed by atoms with Crippen molar-refractivity contribution in [1.29, 1.82) is 10.5 Å². The van der Waals surface area contributed by atoms with Crippen molar-refractivity contribution in [2.75, 3.05) is 26.2 Å². The van der Waals surface area contributed by atoms with E-state index in [1.165, 1.54) is 0 Å². The molecule has 11 heteroatoms.